The molecule has 0 aromatic heterocycles. The first kappa shape index (κ1) is 15.2. The first-order chi connectivity index (χ1) is 11.9. The van der Waals surface area contributed by atoms with Crippen LogP contribution >= 0.6 is 0 Å². The summed E-state index contributed by atoms with van der Waals surface area (Å²) < 4.78 is 0. The van der Waals surface area contributed by atoms with Gasteiger partial charge in [-0.1, -0.05) is 84.4 Å². The Labute approximate surface area is 144 Å². The van der Waals surface area contributed by atoms with Crippen molar-refractivity contribution in [3.8, 4) is 0 Å². The average molecular weight is 312 g/mol. The Bertz CT molecular complexity index is 842. The molecular weight excluding hydrogens is 288 g/mol. The lowest BCUT2D eigenvalue weighted by atomic mass is 9.82. The van der Waals surface area contributed by atoms with Crippen LogP contribution in [0.3, 0.4) is 0 Å². The van der Waals surface area contributed by atoms with Crippen LogP contribution in [-0.2, 0) is 0 Å². The molecule has 1 unspecified atom stereocenters. The Morgan fingerprint density at radius 2 is 1.50 bits per heavy atom. The molecule has 0 heterocycles. The zero-order valence-corrected chi connectivity index (χ0v) is 14.1. The predicted octanol–water partition coefficient (Wildman–Crippen LogP) is 6.86. The molecule has 3 aromatic rings. The van der Waals surface area contributed by atoms with Crippen molar-refractivity contribution in [2.24, 2.45) is 0 Å². The van der Waals surface area contributed by atoms with Crippen LogP contribution < -0.4 is 0 Å². The molecule has 1 aliphatic rings. The fourth-order valence-electron chi connectivity index (χ4n) is 3.89. The van der Waals surface area contributed by atoms with Gasteiger partial charge in [-0.3, -0.25) is 0 Å². The summed E-state index contributed by atoms with van der Waals surface area (Å²) in [7, 11) is 0. The third-order valence-corrected chi connectivity index (χ3v) is 5.23. The molecular formula is C24H24. The molecule has 120 valence electrons. The first-order valence-electron chi connectivity index (χ1n) is 9.12. The minimum absolute atomic E-state index is 0.458. The van der Waals surface area contributed by atoms with Gasteiger partial charge in [-0.25, -0.2) is 0 Å². The topological polar surface area (TPSA) is 0 Å². The highest BCUT2D eigenvalue weighted by atomic mass is 14.2. The van der Waals surface area contributed by atoms with Crippen LogP contribution in [0.1, 0.15) is 49.1 Å². The lowest BCUT2D eigenvalue weighted by Crippen LogP contribution is -2.04. The largest absolute Gasteiger partial charge is 0.0853 e. The van der Waals surface area contributed by atoms with Gasteiger partial charge in [-0.05, 0) is 54.0 Å². The van der Waals surface area contributed by atoms with Crippen LogP contribution in [0.4, 0.5) is 0 Å². The van der Waals surface area contributed by atoms with E-state index in [1.807, 2.05) is 0 Å². The van der Waals surface area contributed by atoms with E-state index in [2.05, 4.69) is 78.9 Å². The first-order valence-corrected chi connectivity index (χ1v) is 9.12. The highest BCUT2D eigenvalue weighted by Gasteiger charge is 2.17. The zero-order valence-electron chi connectivity index (χ0n) is 14.1. The molecule has 0 amide bonds. The van der Waals surface area contributed by atoms with Gasteiger partial charge in [-0.2, -0.15) is 0 Å². The third-order valence-electron chi connectivity index (χ3n) is 5.23. The second kappa shape index (κ2) is 7.05. The van der Waals surface area contributed by atoms with Crippen LogP contribution in [0.25, 0.3) is 10.8 Å². The van der Waals surface area contributed by atoms with E-state index < -0.39 is 0 Å². The van der Waals surface area contributed by atoms with E-state index in [0.29, 0.717) is 5.92 Å². The van der Waals surface area contributed by atoms with Crippen LogP contribution in [0.5, 0.6) is 0 Å². The number of fused-ring (bicyclic) bond motifs is 1. The lowest BCUT2D eigenvalue weighted by Gasteiger charge is -2.22. The van der Waals surface area contributed by atoms with Crippen LogP contribution in [0.15, 0.2) is 84.4 Å². The minimum atomic E-state index is 0.458. The van der Waals surface area contributed by atoms with E-state index in [9.17, 15) is 0 Å². The van der Waals surface area contributed by atoms with Gasteiger partial charge >= 0.3 is 0 Å². The summed E-state index contributed by atoms with van der Waals surface area (Å²) >= 11 is 0. The Morgan fingerprint density at radius 1 is 0.708 bits per heavy atom. The summed E-state index contributed by atoms with van der Waals surface area (Å²) in [6.45, 7) is 0. The van der Waals surface area contributed by atoms with E-state index in [0.717, 1.165) is 6.42 Å². The molecule has 0 saturated carbocycles. The molecule has 0 N–H and O–H groups in total. The fourth-order valence-corrected chi connectivity index (χ4v) is 3.89. The summed E-state index contributed by atoms with van der Waals surface area (Å²) in [5.74, 6) is 0.458. The van der Waals surface area contributed by atoms with Crippen LogP contribution in [-0.4, -0.2) is 0 Å². The summed E-state index contributed by atoms with van der Waals surface area (Å²) in [4.78, 5) is 0. The van der Waals surface area contributed by atoms with Gasteiger partial charge in [0.15, 0.2) is 0 Å². The number of hydrogen-bond donors (Lipinski definition) is 0. The van der Waals surface area contributed by atoms with Gasteiger partial charge in [0.1, 0.15) is 0 Å². The van der Waals surface area contributed by atoms with Crippen molar-refractivity contribution in [3.63, 3.8) is 0 Å². The SMILES string of the molecule is C1=C(CC(c2ccccc2)c2ccc3ccccc3c2)CCCC1. The molecule has 0 bridgehead atoms. The molecule has 0 fully saturated rings. The Hall–Kier alpha value is -2.34. The molecule has 0 heteroatoms. The van der Waals surface area contributed by atoms with Crippen molar-refractivity contribution in [1.29, 1.82) is 0 Å². The van der Waals surface area contributed by atoms with Crippen molar-refractivity contribution in [3.05, 3.63) is 95.6 Å². The third kappa shape index (κ3) is 3.28. The molecule has 1 atom stereocenters. The fraction of sp³-hybridized carbons (Fsp3) is 0.250. The summed E-state index contributed by atoms with van der Waals surface area (Å²) in [6.07, 6.45) is 8.88. The molecule has 0 saturated heterocycles. The summed E-state index contributed by atoms with van der Waals surface area (Å²) in [5.41, 5.74) is 4.51. The second-order valence-corrected chi connectivity index (χ2v) is 6.88. The van der Waals surface area contributed by atoms with Gasteiger partial charge in [0, 0.05) is 5.92 Å². The zero-order chi connectivity index (χ0) is 16.2. The van der Waals surface area contributed by atoms with Crippen molar-refractivity contribution in [2.45, 2.75) is 38.0 Å². The van der Waals surface area contributed by atoms with Gasteiger partial charge in [0.2, 0.25) is 0 Å². The molecule has 0 aliphatic heterocycles. The van der Waals surface area contributed by atoms with Gasteiger partial charge in [0.05, 0.1) is 0 Å². The standard InChI is InChI=1S/C24H24/c1-3-9-19(10-4-1)17-24(21-12-5-2-6-13-21)23-16-15-20-11-7-8-14-22(20)18-23/h2,5-9,11-16,18,24H,1,3-4,10,17H2. The van der Waals surface area contributed by atoms with Crippen LogP contribution in [0.2, 0.25) is 0 Å². The Kier molecular flexibility index (Phi) is 4.46. The average Bonchev–Trinajstić information content (AvgIpc) is 2.67. The number of allylic oxidation sites excluding steroid dienone is 2. The van der Waals surface area contributed by atoms with Crippen molar-refractivity contribution < 1.29 is 0 Å². The molecule has 0 spiro atoms. The molecule has 4 rings (SSSR count). The molecule has 1 aliphatic carbocycles. The number of hydrogen-bond acceptors (Lipinski definition) is 0. The number of benzene rings is 3. The van der Waals surface area contributed by atoms with E-state index >= 15 is 0 Å². The lowest BCUT2D eigenvalue weighted by molar-refractivity contribution is 0.653. The number of rotatable bonds is 4. The molecule has 3 aromatic carbocycles. The summed E-state index contributed by atoms with van der Waals surface area (Å²) in [5, 5.41) is 2.67. The van der Waals surface area contributed by atoms with Gasteiger partial charge in [-0.15, -0.1) is 0 Å². The van der Waals surface area contributed by atoms with Crippen molar-refractivity contribution >= 4 is 10.8 Å². The minimum Gasteiger partial charge on any atom is -0.0853 e. The molecule has 0 nitrogen and oxygen atoms in total. The van der Waals surface area contributed by atoms with Gasteiger partial charge < -0.3 is 0 Å². The van der Waals surface area contributed by atoms with Gasteiger partial charge in [0.25, 0.3) is 0 Å². The summed E-state index contributed by atoms with van der Waals surface area (Å²) in [6, 6.07) is 26.7. The molecule has 24 heavy (non-hydrogen) atoms. The van der Waals surface area contributed by atoms with E-state index in [1.54, 1.807) is 5.57 Å². The Balaban J connectivity index is 1.74. The smallest absolute Gasteiger partial charge is 0.0127 e. The maximum Gasteiger partial charge on any atom is 0.0127 e. The Morgan fingerprint density at radius 3 is 2.29 bits per heavy atom. The van der Waals surface area contributed by atoms with E-state index in [4.69, 9.17) is 0 Å². The van der Waals surface area contributed by atoms with E-state index in [-0.39, 0.29) is 0 Å². The predicted molar refractivity (Wildman–Crippen MR) is 103 cm³/mol. The van der Waals surface area contributed by atoms with Crippen LogP contribution in [0, 0.1) is 0 Å². The van der Waals surface area contributed by atoms with Crippen molar-refractivity contribution in [1.82, 2.24) is 0 Å². The highest BCUT2D eigenvalue weighted by Crippen LogP contribution is 2.35. The normalized spacial score (nSPS) is 15.9. The molecule has 0 radical (unpaired) electrons. The van der Waals surface area contributed by atoms with E-state index in [1.165, 1.54) is 47.6 Å². The second-order valence-electron chi connectivity index (χ2n) is 6.88. The monoisotopic (exact) mass is 312 g/mol. The maximum absolute atomic E-state index is 2.49. The quantitative estimate of drug-likeness (QED) is 0.461. The maximum atomic E-state index is 2.49. The van der Waals surface area contributed by atoms with Crippen molar-refractivity contribution in [2.75, 3.05) is 0 Å². The highest BCUT2D eigenvalue weighted by molar-refractivity contribution is 5.83.